The fourth-order valence-electron chi connectivity index (χ4n) is 4.69. The molecule has 8 nitrogen and oxygen atoms in total. The highest BCUT2D eigenvalue weighted by atomic mass is 32.2. The molecule has 37 heavy (non-hydrogen) atoms. The molecule has 202 valence electrons. The second kappa shape index (κ2) is 12.9. The molecule has 2 aromatic rings. The monoisotopic (exact) mass is 529 g/mol. The molecule has 1 aliphatic rings. The Balaban J connectivity index is 1.72. The van der Waals surface area contributed by atoms with Gasteiger partial charge in [-0.25, -0.2) is 8.42 Å². The van der Waals surface area contributed by atoms with E-state index >= 15 is 0 Å². The minimum atomic E-state index is -3.52. The van der Waals surface area contributed by atoms with Crippen LogP contribution in [0, 0.1) is 6.92 Å². The molecular formula is C28H39N3O5S. The molecule has 0 saturated heterocycles. The highest BCUT2D eigenvalue weighted by Crippen LogP contribution is 2.22. The van der Waals surface area contributed by atoms with Crippen molar-refractivity contribution in [1.82, 2.24) is 10.2 Å². The Kier molecular flexibility index (Phi) is 9.97. The normalized spacial score (nSPS) is 14.7. The van der Waals surface area contributed by atoms with Gasteiger partial charge >= 0.3 is 0 Å². The third-order valence-electron chi connectivity index (χ3n) is 6.82. The van der Waals surface area contributed by atoms with Crippen molar-refractivity contribution in [2.24, 2.45) is 0 Å². The largest absolute Gasteiger partial charge is 0.497 e. The summed E-state index contributed by atoms with van der Waals surface area (Å²) in [6.07, 6.45) is 5.75. The molecule has 2 amide bonds. The molecule has 0 aliphatic heterocycles. The van der Waals surface area contributed by atoms with Crippen molar-refractivity contribution in [3.63, 3.8) is 0 Å². The van der Waals surface area contributed by atoms with Crippen LogP contribution in [0.15, 0.2) is 48.5 Å². The van der Waals surface area contributed by atoms with Gasteiger partial charge in [0.05, 0.1) is 19.1 Å². The lowest BCUT2D eigenvalue weighted by Gasteiger charge is -2.30. The second-order valence-electron chi connectivity index (χ2n) is 9.81. The van der Waals surface area contributed by atoms with Crippen LogP contribution in [0.5, 0.6) is 5.75 Å². The maximum Gasteiger partial charge on any atom is 0.242 e. The number of hydrogen-bond acceptors (Lipinski definition) is 5. The number of carbonyl (C=O) groups is 2. The van der Waals surface area contributed by atoms with E-state index in [0.717, 1.165) is 36.8 Å². The van der Waals surface area contributed by atoms with Crippen LogP contribution >= 0.6 is 0 Å². The third-order valence-corrected chi connectivity index (χ3v) is 8.02. The number of nitrogens with zero attached hydrogens (tertiary/aromatic N) is 2. The van der Waals surface area contributed by atoms with Crippen molar-refractivity contribution < 1.29 is 22.7 Å². The van der Waals surface area contributed by atoms with Gasteiger partial charge in [0.2, 0.25) is 21.8 Å². The van der Waals surface area contributed by atoms with Crippen LogP contribution < -0.4 is 14.4 Å². The maximum absolute atomic E-state index is 13.4. The summed E-state index contributed by atoms with van der Waals surface area (Å²) < 4.78 is 31.5. The molecule has 2 aromatic carbocycles. The summed E-state index contributed by atoms with van der Waals surface area (Å²) in [5.74, 6) is 0.361. The van der Waals surface area contributed by atoms with Crippen LogP contribution in [0.25, 0.3) is 0 Å². The first-order valence-corrected chi connectivity index (χ1v) is 14.7. The van der Waals surface area contributed by atoms with Gasteiger partial charge in [0.15, 0.2) is 0 Å². The molecule has 0 heterocycles. The van der Waals surface area contributed by atoms with E-state index in [-0.39, 0.29) is 37.4 Å². The lowest BCUT2D eigenvalue weighted by molar-refractivity contribution is -0.141. The first kappa shape index (κ1) is 28.5. The van der Waals surface area contributed by atoms with Gasteiger partial charge in [-0.3, -0.25) is 13.9 Å². The van der Waals surface area contributed by atoms with Crippen molar-refractivity contribution in [2.75, 3.05) is 24.2 Å². The fraction of sp³-hybridized carbons (Fsp3) is 0.500. The predicted molar refractivity (Wildman–Crippen MR) is 146 cm³/mol. The lowest BCUT2D eigenvalue weighted by atomic mass is 10.1. The van der Waals surface area contributed by atoms with E-state index < -0.39 is 16.1 Å². The van der Waals surface area contributed by atoms with Gasteiger partial charge in [0.25, 0.3) is 0 Å². The van der Waals surface area contributed by atoms with E-state index in [1.54, 1.807) is 25.0 Å². The Morgan fingerprint density at radius 3 is 2.38 bits per heavy atom. The smallest absolute Gasteiger partial charge is 0.242 e. The van der Waals surface area contributed by atoms with Gasteiger partial charge in [-0.05, 0) is 68.5 Å². The standard InChI is InChI=1S/C28H39N3O5S/c1-21-9-7-12-25(19-21)31(37(4,34)35)18-8-13-27(32)30(20-23-14-16-26(36-3)17-15-23)22(2)28(33)29-24-10-5-6-11-24/h7,9,12,14-17,19,22,24H,5-6,8,10-11,13,18,20H2,1-4H3,(H,29,33)/t22-/m0/s1. The number of rotatable bonds is 12. The van der Waals surface area contributed by atoms with Crippen molar-refractivity contribution in [1.29, 1.82) is 0 Å². The van der Waals surface area contributed by atoms with E-state index in [0.29, 0.717) is 17.9 Å². The van der Waals surface area contributed by atoms with Crippen molar-refractivity contribution >= 4 is 27.5 Å². The summed E-state index contributed by atoms with van der Waals surface area (Å²) in [5.41, 5.74) is 2.41. The Labute approximate surface area is 221 Å². The predicted octanol–water partition coefficient (Wildman–Crippen LogP) is 4.03. The molecule has 1 N–H and O–H groups in total. The molecule has 0 aromatic heterocycles. The number of ether oxygens (including phenoxy) is 1. The molecule has 0 unspecified atom stereocenters. The first-order chi connectivity index (χ1) is 17.6. The molecule has 1 aliphatic carbocycles. The average molecular weight is 530 g/mol. The SMILES string of the molecule is COc1ccc(CN(C(=O)CCCN(c2cccc(C)c2)S(C)(=O)=O)[C@@H](C)C(=O)NC2CCCC2)cc1. The number of carbonyl (C=O) groups excluding carboxylic acids is 2. The lowest BCUT2D eigenvalue weighted by Crippen LogP contribution is -2.49. The zero-order valence-corrected chi connectivity index (χ0v) is 23.1. The number of sulfonamides is 1. The van der Waals surface area contributed by atoms with Crippen LogP contribution in [0.2, 0.25) is 0 Å². The number of nitrogens with one attached hydrogen (secondary N) is 1. The molecule has 1 fully saturated rings. The second-order valence-corrected chi connectivity index (χ2v) is 11.7. The minimum Gasteiger partial charge on any atom is -0.497 e. The Hall–Kier alpha value is -3.07. The van der Waals surface area contributed by atoms with E-state index in [4.69, 9.17) is 4.74 Å². The molecule has 1 saturated carbocycles. The molecule has 0 bridgehead atoms. The van der Waals surface area contributed by atoms with Gasteiger partial charge < -0.3 is 15.0 Å². The molecule has 1 atom stereocenters. The topological polar surface area (TPSA) is 96.0 Å². The number of aryl methyl sites for hydroxylation is 1. The van der Waals surface area contributed by atoms with Crippen LogP contribution in [0.3, 0.4) is 0 Å². The summed E-state index contributed by atoms with van der Waals surface area (Å²) in [4.78, 5) is 28.1. The molecule has 0 radical (unpaired) electrons. The van der Waals surface area contributed by atoms with Crippen molar-refractivity contribution in [3.8, 4) is 5.75 Å². The van der Waals surface area contributed by atoms with Gasteiger partial charge in [0.1, 0.15) is 11.8 Å². The molecular weight excluding hydrogens is 490 g/mol. The molecule has 0 spiro atoms. The number of benzene rings is 2. The highest BCUT2D eigenvalue weighted by molar-refractivity contribution is 7.92. The van der Waals surface area contributed by atoms with Gasteiger partial charge in [-0.2, -0.15) is 0 Å². The number of anilines is 1. The van der Waals surface area contributed by atoms with E-state index in [2.05, 4.69) is 5.32 Å². The Bertz CT molecular complexity index is 1160. The summed E-state index contributed by atoms with van der Waals surface area (Å²) >= 11 is 0. The quantitative estimate of drug-likeness (QED) is 0.448. The zero-order valence-electron chi connectivity index (χ0n) is 22.3. The number of methoxy groups -OCH3 is 1. The van der Waals surface area contributed by atoms with Crippen LogP contribution in [-0.4, -0.2) is 57.1 Å². The summed E-state index contributed by atoms with van der Waals surface area (Å²) in [5, 5.41) is 3.10. The van der Waals surface area contributed by atoms with Crippen molar-refractivity contribution in [2.45, 2.75) is 71.0 Å². The van der Waals surface area contributed by atoms with E-state index in [1.807, 2.05) is 49.4 Å². The third kappa shape index (κ3) is 8.21. The number of amides is 2. The van der Waals surface area contributed by atoms with Crippen LogP contribution in [0.4, 0.5) is 5.69 Å². The van der Waals surface area contributed by atoms with E-state index in [9.17, 15) is 18.0 Å². The summed E-state index contributed by atoms with van der Waals surface area (Å²) in [6.45, 7) is 4.10. The molecule has 9 heteroatoms. The highest BCUT2D eigenvalue weighted by Gasteiger charge is 2.28. The van der Waals surface area contributed by atoms with Crippen LogP contribution in [0.1, 0.15) is 56.6 Å². The number of hydrogen-bond donors (Lipinski definition) is 1. The average Bonchev–Trinajstić information content (AvgIpc) is 3.37. The fourth-order valence-corrected chi connectivity index (χ4v) is 5.65. The Morgan fingerprint density at radius 1 is 1.11 bits per heavy atom. The van der Waals surface area contributed by atoms with Gasteiger partial charge in [-0.1, -0.05) is 37.1 Å². The zero-order chi connectivity index (χ0) is 27.0. The molecule has 3 rings (SSSR count). The van der Waals surface area contributed by atoms with Gasteiger partial charge in [0, 0.05) is 25.6 Å². The van der Waals surface area contributed by atoms with Crippen LogP contribution in [-0.2, 0) is 26.2 Å². The summed E-state index contributed by atoms with van der Waals surface area (Å²) in [6, 6.07) is 14.2. The van der Waals surface area contributed by atoms with Crippen molar-refractivity contribution in [3.05, 3.63) is 59.7 Å². The Morgan fingerprint density at radius 2 is 1.78 bits per heavy atom. The first-order valence-electron chi connectivity index (χ1n) is 12.9. The maximum atomic E-state index is 13.4. The summed E-state index contributed by atoms with van der Waals surface area (Å²) in [7, 11) is -1.92. The minimum absolute atomic E-state index is 0.120. The van der Waals surface area contributed by atoms with E-state index in [1.165, 1.54) is 10.6 Å². The van der Waals surface area contributed by atoms with Gasteiger partial charge in [-0.15, -0.1) is 0 Å².